The Morgan fingerprint density at radius 1 is 1.56 bits per heavy atom. The molecular weight excluding hydrogens is 208 g/mol. The second-order valence-electron chi connectivity index (χ2n) is 4.91. The van der Waals surface area contributed by atoms with E-state index in [0.29, 0.717) is 12.3 Å². The van der Waals surface area contributed by atoms with E-state index in [1.807, 2.05) is 6.92 Å². The lowest BCUT2D eigenvalue weighted by Crippen LogP contribution is -2.35. The number of carbonyl (C=O) groups excluding carboxylic acids is 2. The van der Waals surface area contributed by atoms with Crippen LogP contribution in [-0.2, 0) is 19.1 Å². The third-order valence-corrected chi connectivity index (χ3v) is 2.70. The Kier molecular flexibility index (Phi) is 4.33. The number of carbonyl (C=O) groups is 2. The molecule has 0 saturated carbocycles. The molecule has 1 saturated heterocycles. The van der Waals surface area contributed by atoms with E-state index in [1.54, 1.807) is 0 Å². The molecule has 0 amide bonds. The summed E-state index contributed by atoms with van der Waals surface area (Å²) in [4.78, 5) is 22.2. The van der Waals surface area contributed by atoms with Crippen molar-refractivity contribution >= 4 is 11.9 Å². The number of rotatable bonds is 4. The number of esters is 2. The first-order chi connectivity index (χ1) is 7.40. The van der Waals surface area contributed by atoms with Crippen LogP contribution >= 0.6 is 0 Å². The summed E-state index contributed by atoms with van der Waals surface area (Å²) in [6, 6.07) is 0. The van der Waals surface area contributed by atoms with Crippen molar-refractivity contribution in [3.63, 3.8) is 0 Å². The molecule has 1 rings (SSSR count). The minimum atomic E-state index is -0.319. The Balaban J connectivity index is 2.67. The highest BCUT2D eigenvalue weighted by atomic mass is 16.6. The average molecular weight is 228 g/mol. The van der Waals surface area contributed by atoms with Gasteiger partial charge in [0.25, 0.3) is 0 Å². The third-order valence-electron chi connectivity index (χ3n) is 2.70. The van der Waals surface area contributed by atoms with Gasteiger partial charge in [-0.25, -0.2) is 0 Å². The molecule has 0 aliphatic carbocycles. The lowest BCUT2D eigenvalue weighted by molar-refractivity contribution is -0.162. The molecule has 3 atom stereocenters. The number of cyclic esters (lactones) is 1. The summed E-state index contributed by atoms with van der Waals surface area (Å²) >= 11 is 0. The summed E-state index contributed by atoms with van der Waals surface area (Å²) < 4.78 is 10.5. The zero-order chi connectivity index (χ0) is 12.3. The van der Waals surface area contributed by atoms with Crippen LogP contribution in [-0.4, -0.2) is 24.1 Å². The number of ether oxygens (including phenoxy) is 2. The summed E-state index contributed by atoms with van der Waals surface area (Å²) in [5.74, 6) is 0.00524. The maximum atomic E-state index is 11.2. The molecule has 1 heterocycles. The van der Waals surface area contributed by atoms with E-state index in [1.165, 1.54) is 6.92 Å². The molecule has 0 radical (unpaired) electrons. The van der Waals surface area contributed by atoms with E-state index in [9.17, 15) is 9.59 Å². The van der Waals surface area contributed by atoms with E-state index >= 15 is 0 Å². The maximum absolute atomic E-state index is 11.2. The molecule has 16 heavy (non-hydrogen) atoms. The van der Waals surface area contributed by atoms with Crippen LogP contribution in [0.3, 0.4) is 0 Å². The lowest BCUT2D eigenvalue weighted by atomic mass is 9.93. The average Bonchev–Trinajstić information content (AvgIpc) is 2.42. The summed E-state index contributed by atoms with van der Waals surface area (Å²) in [7, 11) is 0. The highest BCUT2D eigenvalue weighted by Crippen LogP contribution is 2.28. The predicted octanol–water partition coefficient (Wildman–Crippen LogP) is 1.92. The Labute approximate surface area is 96.3 Å². The Morgan fingerprint density at radius 2 is 2.19 bits per heavy atom. The van der Waals surface area contributed by atoms with E-state index in [2.05, 4.69) is 13.8 Å². The molecule has 0 N–H and O–H groups in total. The SMILES string of the molecule is CC(=O)OC(CC(C)C)C1OC(=O)CC1C. The minimum Gasteiger partial charge on any atom is -0.459 e. The van der Waals surface area contributed by atoms with Gasteiger partial charge in [-0.05, 0) is 12.3 Å². The molecule has 0 aromatic heterocycles. The van der Waals surface area contributed by atoms with Crippen molar-refractivity contribution in [1.29, 1.82) is 0 Å². The molecule has 4 nitrogen and oxygen atoms in total. The molecule has 1 aliphatic heterocycles. The van der Waals surface area contributed by atoms with E-state index in [4.69, 9.17) is 9.47 Å². The van der Waals surface area contributed by atoms with Gasteiger partial charge in [0, 0.05) is 12.8 Å². The van der Waals surface area contributed by atoms with Gasteiger partial charge in [0.2, 0.25) is 0 Å². The van der Waals surface area contributed by atoms with Crippen molar-refractivity contribution in [1.82, 2.24) is 0 Å². The lowest BCUT2D eigenvalue weighted by Gasteiger charge is -2.26. The molecule has 0 bridgehead atoms. The van der Waals surface area contributed by atoms with Crippen LogP contribution in [0.25, 0.3) is 0 Å². The molecule has 92 valence electrons. The number of hydrogen-bond donors (Lipinski definition) is 0. The predicted molar refractivity (Wildman–Crippen MR) is 58.7 cm³/mol. The largest absolute Gasteiger partial charge is 0.459 e. The molecule has 0 aromatic carbocycles. The monoisotopic (exact) mass is 228 g/mol. The van der Waals surface area contributed by atoms with Crippen molar-refractivity contribution in [3.05, 3.63) is 0 Å². The fourth-order valence-electron chi connectivity index (χ4n) is 2.06. The van der Waals surface area contributed by atoms with Gasteiger partial charge in [-0.15, -0.1) is 0 Å². The van der Waals surface area contributed by atoms with E-state index < -0.39 is 0 Å². The van der Waals surface area contributed by atoms with Crippen molar-refractivity contribution < 1.29 is 19.1 Å². The van der Waals surface area contributed by atoms with Crippen LogP contribution in [0.1, 0.15) is 40.5 Å². The van der Waals surface area contributed by atoms with Gasteiger partial charge in [0.05, 0.1) is 6.42 Å². The Bertz CT molecular complexity index is 272. The fourth-order valence-corrected chi connectivity index (χ4v) is 2.06. The van der Waals surface area contributed by atoms with Crippen LogP contribution in [0.15, 0.2) is 0 Å². The summed E-state index contributed by atoms with van der Waals surface area (Å²) in [6.07, 6.45) is 0.556. The Hall–Kier alpha value is -1.06. The zero-order valence-electron chi connectivity index (χ0n) is 10.4. The van der Waals surface area contributed by atoms with Gasteiger partial charge in [-0.2, -0.15) is 0 Å². The van der Waals surface area contributed by atoms with Crippen LogP contribution in [0.4, 0.5) is 0 Å². The maximum Gasteiger partial charge on any atom is 0.306 e. The molecule has 1 fully saturated rings. The van der Waals surface area contributed by atoms with Crippen LogP contribution in [0, 0.1) is 11.8 Å². The van der Waals surface area contributed by atoms with Crippen LogP contribution in [0.2, 0.25) is 0 Å². The van der Waals surface area contributed by atoms with Crippen molar-refractivity contribution in [3.8, 4) is 0 Å². The molecular formula is C12H20O4. The molecule has 1 aliphatic rings. The number of hydrogen-bond acceptors (Lipinski definition) is 4. The summed E-state index contributed by atoms with van der Waals surface area (Å²) in [5.41, 5.74) is 0. The van der Waals surface area contributed by atoms with Crippen molar-refractivity contribution in [2.45, 2.75) is 52.7 Å². The highest BCUT2D eigenvalue weighted by Gasteiger charge is 2.39. The van der Waals surface area contributed by atoms with Gasteiger partial charge in [0.15, 0.2) is 0 Å². The minimum absolute atomic E-state index is 0.121. The van der Waals surface area contributed by atoms with Gasteiger partial charge in [-0.1, -0.05) is 20.8 Å². The quantitative estimate of drug-likeness (QED) is 0.690. The third kappa shape index (κ3) is 3.51. The molecule has 4 heteroatoms. The first kappa shape index (κ1) is 13.0. The van der Waals surface area contributed by atoms with Gasteiger partial charge in [-0.3, -0.25) is 9.59 Å². The second-order valence-corrected chi connectivity index (χ2v) is 4.91. The van der Waals surface area contributed by atoms with Crippen LogP contribution < -0.4 is 0 Å². The molecule has 3 unspecified atom stereocenters. The van der Waals surface area contributed by atoms with Crippen molar-refractivity contribution in [2.75, 3.05) is 0 Å². The summed E-state index contributed by atoms with van der Waals surface area (Å²) in [5, 5.41) is 0. The fraction of sp³-hybridized carbons (Fsp3) is 0.833. The standard InChI is InChI=1S/C12H20O4/c1-7(2)5-10(15-9(4)13)12-8(3)6-11(14)16-12/h7-8,10,12H,5-6H2,1-4H3. The smallest absolute Gasteiger partial charge is 0.306 e. The van der Waals surface area contributed by atoms with E-state index in [-0.39, 0.29) is 30.1 Å². The van der Waals surface area contributed by atoms with Gasteiger partial charge in [0.1, 0.15) is 12.2 Å². The molecule has 0 spiro atoms. The first-order valence-corrected chi connectivity index (χ1v) is 5.76. The highest BCUT2D eigenvalue weighted by molar-refractivity contribution is 5.72. The zero-order valence-corrected chi connectivity index (χ0v) is 10.4. The summed E-state index contributed by atoms with van der Waals surface area (Å²) in [6.45, 7) is 7.44. The van der Waals surface area contributed by atoms with Gasteiger partial charge >= 0.3 is 11.9 Å². The normalized spacial score (nSPS) is 26.7. The molecule has 0 aromatic rings. The van der Waals surface area contributed by atoms with Crippen LogP contribution in [0.5, 0.6) is 0 Å². The van der Waals surface area contributed by atoms with Crippen molar-refractivity contribution in [2.24, 2.45) is 11.8 Å². The second kappa shape index (κ2) is 5.32. The van der Waals surface area contributed by atoms with E-state index in [0.717, 1.165) is 6.42 Å². The topological polar surface area (TPSA) is 52.6 Å². The van der Waals surface area contributed by atoms with Gasteiger partial charge < -0.3 is 9.47 Å². The first-order valence-electron chi connectivity index (χ1n) is 5.76. The Morgan fingerprint density at radius 3 is 2.56 bits per heavy atom.